The van der Waals surface area contributed by atoms with Crippen molar-refractivity contribution in [2.75, 3.05) is 0 Å². The van der Waals surface area contributed by atoms with Gasteiger partial charge in [0.2, 0.25) is 0 Å². The quantitative estimate of drug-likeness (QED) is 0.623. The molecule has 0 radical (unpaired) electrons. The Morgan fingerprint density at radius 3 is 2.75 bits per heavy atom. The van der Waals surface area contributed by atoms with E-state index in [0.29, 0.717) is 6.42 Å². The Bertz CT molecular complexity index is 177. The monoisotopic (exact) mass is 166 g/mol. The number of aliphatic hydroxyl groups excluding tert-OH is 1. The van der Waals surface area contributed by atoms with Crippen LogP contribution >= 0.6 is 0 Å². The molecule has 68 valence electrons. The molecule has 1 nitrogen and oxygen atoms in total. The van der Waals surface area contributed by atoms with Crippen molar-refractivity contribution in [2.24, 2.45) is 0 Å². The Balaban J connectivity index is 3.87. The van der Waals surface area contributed by atoms with E-state index in [1.54, 1.807) is 6.08 Å². The second kappa shape index (κ2) is 6.86. The SMILES string of the molecule is C=CC[C@@H](O)/C=C(\C)C/C=C/C. The minimum absolute atomic E-state index is 0.368. The minimum Gasteiger partial charge on any atom is -0.389 e. The molecular weight excluding hydrogens is 148 g/mol. The lowest BCUT2D eigenvalue weighted by atomic mass is 10.1. The fourth-order valence-corrected chi connectivity index (χ4v) is 0.939. The molecule has 0 spiro atoms. The van der Waals surface area contributed by atoms with E-state index in [1.165, 1.54) is 5.57 Å². The topological polar surface area (TPSA) is 20.2 Å². The predicted molar refractivity (Wildman–Crippen MR) is 54.0 cm³/mol. The molecular formula is C11H18O. The van der Waals surface area contributed by atoms with Gasteiger partial charge in [-0.2, -0.15) is 0 Å². The number of aliphatic hydroxyl groups is 1. The van der Waals surface area contributed by atoms with Crippen molar-refractivity contribution < 1.29 is 5.11 Å². The zero-order chi connectivity index (χ0) is 9.40. The molecule has 1 atom stereocenters. The third-order valence-electron chi connectivity index (χ3n) is 1.56. The molecule has 0 saturated heterocycles. The fraction of sp³-hybridized carbons (Fsp3) is 0.455. The van der Waals surface area contributed by atoms with Crippen molar-refractivity contribution in [1.29, 1.82) is 0 Å². The van der Waals surface area contributed by atoms with Crippen LogP contribution in [-0.2, 0) is 0 Å². The zero-order valence-corrected chi connectivity index (χ0v) is 7.96. The summed E-state index contributed by atoms with van der Waals surface area (Å²) >= 11 is 0. The van der Waals surface area contributed by atoms with Gasteiger partial charge in [0.05, 0.1) is 6.10 Å². The van der Waals surface area contributed by atoms with E-state index >= 15 is 0 Å². The highest BCUT2D eigenvalue weighted by molar-refractivity contribution is 5.07. The molecule has 1 heteroatoms. The first-order chi connectivity index (χ1) is 5.70. The first kappa shape index (κ1) is 11.2. The van der Waals surface area contributed by atoms with E-state index in [1.807, 2.05) is 26.0 Å². The Labute approximate surface area is 75.1 Å². The van der Waals surface area contributed by atoms with Crippen LogP contribution in [-0.4, -0.2) is 11.2 Å². The summed E-state index contributed by atoms with van der Waals surface area (Å²) in [4.78, 5) is 0. The summed E-state index contributed by atoms with van der Waals surface area (Å²) in [6.45, 7) is 7.58. The van der Waals surface area contributed by atoms with Crippen molar-refractivity contribution >= 4 is 0 Å². The summed E-state index contributed by atoms with van der Waals surface area (Å²) in [6, 6.07) is 0. The molecule has 0 unspecified atom stereocenters. The highest BCUT2D eigenvalue weighted by Crippen LogP contribution is 2.05. The second-order valence-electron chi connectivity index (χ2n) is 2.88. The van der Waals surface area contributed by atoms with Crippen molar-refractivity contribution in [3.63, 3.8) is 0 Å². The van der Waals surface area contributed by atoms with Gasteiger partial charge in [0.15, 0.2) is 0 Å². The number of rotatable bonds is 5. The lowest BCUT2D eigenvalue weighted by Gasteiger charge is -2.02. The standard InChI is InChI=1S/C11H18O/c1-4-6-8-10(3)9-11(12)7-5-2/h4-6,9,11-12H,2,7-8H2,1,3H3/b6-4+,10-9+/t11-/m1/s1. The maximum atomic E-state index is 9.35. The average Bonchev–Trinajstić information content (AvgIpc) is 2.01. The van der Waals surface area contributed by atoms with Crippen molar-refractivity contribution in [3.05, 3.63) is 36.5 Å². The van der Waals surface area contributed by atoms with Crippen LogP contribution in [0.3, 0.4) is 0 Å². The molecule has 0 bridgehead atoms. The smallest absolute Gasteiger partial charge is 0.0757 e. The molecule has 0 saturated carbocycles. The van der Waals surface area contributed by atoms with Gasteiger partial charge in [-0.05, 0) is 26.7 Å². The molecule has 0 aromatic rings. The average molecular weight is 166 g/mol. The molecule has 0 amide bonds. The van der Waals surface area contributed by atoms with Gasteiger partial charge in [-0.15, -0.1) is 6.58 Å². The van der Waals surface area contributed by atoms with Gasteiger partial charge in [-0.1, -0.05) is 29.9 Å². The largest absolute Gasteiger partial charge is 0.389 e. The molecule has 0 heterocycles. The molecule has 0 aromatic carbocycles. The summed E-state index contributed by atoms with van der Waals surface area (Å²) in [5.41, 5.74) is 1.20. The molecule has 12 heavy (non-hydrogen) atoms. The first-order valence-electron chi connectivity index (χ1n) is 4.28. The van der Waals surface area contributed by atoms with E-state index in [2.05, 4.69) is 12.7 Å². The number of allylic oxidation sites excluding steroid dienone is 3. The van der Waals surface area contributed by atoms with Crippen LogP contribution in [0, 0.1) is 0 Å². The van der Waals surface area contributed by atoms with Gasteiger partial charge in [0.25, 0.3) is 0 Å². The zero-order valence-electron chi connectivity index (χ0n) is 7.96. The highest BCUT2D eigenvalue weighted by atomic mass is 16.3. The normalized spacial score (nSPS) is 15.1. The third kappa shape index (κ3) is 5.93. The molecule has 1 N–H and O–H groups in total. The lowest BCUT2D eigenvalue weighted by molar-refractivity contribution is 0.226. The Morgan fingerprint density at radius 1 is 1.58 bits per heavy atom. The van der Waals surface area contributed by atoms with E-state index < -0.39 is 0 Å². The van der Waals surface area contributed by atoms with Gasteiger partial charge in [0.1, 0.15) is 0 Å². The Hall–Kier alpha value is -0.820. The second-order valence-corrected chi connectivity index (χ2v) is 2.88. The van der Waals surface area contributed by atoms with Crippen LogP contribution in [0.15, 0.2) is 36.5 Å². The maximum Gasteiger partial charge on any atom is 0.0757 e. The third-order valence-corrected chi connectivity index (χ3v) is 1.56. The Morgan fingerprint density at radius 2 is 2.25 bits per heavy atom. The van der Waals surface area contributed by atoms with Gasteiger partial charge in [-0.3, -0.25) is 0 Å². The van der Waals surface area contributed by atoms with Gasteiger partial charge >= 0.3 is 0 Å². The van der Waals surface area contributed by atoms with Gasteiger partial charge < -0.3 is 5.11 Å². The molecule has 0 rings (SSSR count). The van der Waals surface area contributed by atoms with Gasteiger partial charge in [-0.25, -0.2) is 0 Å². The summed E-state index contributed by atoms with van der Waals surface area (Å²) < 4.78 is 0. The van der Waals surface area contributed by atoms with Crippen LogP contribution in [0.25, 0.3) is 0 Å². The van der Waals surface area contributed by atoms with Crippen molar-refractivity contribution in [2.45, 2.75) is 32.8 Å². The Kier molecular flexibility index (Phi) is 6.39. The van der Waals surface area contributed by atoms with E-state index in [4.69, 9.17) is 0 Å². The summed E-state index contributed by atoms with van der Waals surface area (Å²) in [7, 11) is 0. The molecule has 0 aliphatic carbocycles. The van der Waals surface area contributed by atoms with Crippen molar-refractivity contribution in [1.82, 2.24) is 0 Å². The minimum atomic E-state index is -0.368. The molecule has 0 aromatic heterocycles. The predicted octanol–water partition coefficient (Wildman–Crippen LogP) is 2.84. The lowest BCUT2D eigenvalue weighted by Crippen LogP contribution is -2.00. The van der Waals surface area contributed by atoms with Crippen molar-refractivity contribution in [3.8, 4) is 0 Å². The highest BCUT2D eigenvalue weighted by Gasteiger charge is 1.95. The molecule has 0 fully saturated rings. The van der Waals surface area contributed by atoms with Gasteiger partial charge in [0, 0.05) is 0 Å². The summed E-state index contributed by atoms with van der Waals surface area (Å²) in [5.74, 6) is 0. The van der Waals surface area contributed by atoms with Crippen LogP contribution < -0.4 is 0 Å². The maximum absolute atomic E-state index is 9.35. The number of hydrogen-bond donors (Lipinski definition) is 1. The first-order valence-corrected chi connectivity index (χ1v) is 4.28. The van der Waals surface area contributed by atoms with Crippen LogP contribution in [0.1, 0.15) is 26.7 Å². The van der Waals surface area contributed by atoms with Crippen LogP contribution in [0.2, 0.25) is 0 Å². The summed E-state index contributed by atoms with van der Waals surface area (Å²) in [6.07, 6.45) is 8.88. The molecule has 0 aliphatic heterocycles. The van der Waals surface area contributed by atoms with E-state index in [9.17, 15) is 5.11 Å². The number of hydrogen-bond acceptors (Lipinski definition) is 1. The van der Waals surface area contributed by atoms with E-state index in [0.717, 1.165) is 6.42 Å². The molecule has 0 aliphatic rings. The van der Waals surface area contributed by atoms with E-state index in [-0.39, 0.29) is 6.10 Å². The van der Waals surface area contributed by atoms with Crippen LogP contribution in [0.5, 0.6) is 0 Å². The van der Waals surface area contributed by atoms with Crippen LogP contribution in [0.4, 0.5) is 0 Å². The summed E-state index contributed by atoms with van der Waals surface area (Å²) in [5, 5.41) is 9.35. The fourth-order valence-electron chi connectivity index (χ4n) is 0.939.